The van der Waals surface area contributed by atoms with Gasteiger partial charge in [-0.05, 0) is 75.1 Å². The van der Waals surface area contributed by atoms with Crippen LogP contribution in [0.15, 0.2) is 66.7 Å². The normalized spacial score (nSPS) is 13.0. The number of nitrogens with one attached hydrogen (secondary N) is 2. The van der Waals surface area contributed by atoms with Crippen LogP contribution in [0, 0.1) is 17.6 Å². The van der Waals surface area contributed by atoms with Crippen molar-refractivity contribution in [3.63, 3.8) is 0 Å². The first kappa shape index (κ1) is 36.8. The summed E-state index contributed by atoms with van der Waals surface area (Å²) in [5.41, 5.74) is 0.385. The number of hydrogen-bond acceptors (Lipinski definition) is 6. The second-order valence-corrected chi connectivity index (χ2v) is 13.0. The van der Waals surface area contributed by atoms with Crippen LogP contribution in [0.1, 0.15) is 58.4 Å². The number of anilines is 3. The number of amides is 4. The molecule has 1 fully saturated rings. The number of rotatable bonds is 13. The van der Waals surface area contributed by atoms with Gasteiger partial charge in [0.15, 0.2) is 6.61 Å². The Kier molecular flexibility index (Phi) is 12.7. The predicted octanol–water partition coefficient (Wildman–Crippen LogP) is 6.63. The molecule has 0 heterocycles. The van der Waals surface area contributed by atoms with Gasteiger partial charge in [-0.2, -0.15) is 0 Å². The van der Waals surface area contributed by atoms with Gasteiger partial charge in [0.2, 0.25) is 5.91 Å². The number of ether oxygens (including phenoxy) is 2. The fourth-order valence-corrected chi connectivity index (χ4v) is 5.69. The van der Waals surface area contributed by atoms with Gasteiger partial charge in [-0.25, -0.2) is 13.6 Å². The molecule has 0 bridgehead atoms. The smallest absolute Gasteiger partial charge is 0.319 e. The molecule has 1 aliphatic carbocycles. The molecule has 3 aromatic rings. The van der Waals surface area contributed by atoms with E-state index in [1.807, 2.05) is 0 Å². The van der Waals surface area contributed by atoms with Gasteiger partial charge in [0, 0.05) is 19.3 Å². The Bertz CT molecular complexity index is 1620. The van der Waals surface area contributed by atoms with Crippen molar-refractivity contribution in [2.75, 3.05) is 41.9 Å². The molecule has 3 aromatic carbocycles. The third kappa shape index (κ3) is 11.0. The first-order valence-corrected chi connectivity index (χ1v) is 16.4. The minimum absolute atomic E-state index is 0.0340. The number of halogens is 2. The molecule has 4 amide bonds. The predicted molar refractivity (Wildman–Crippen MR) is 184 cm³/mol. The number of esters is 1. The van der Waals surface area contributed by atoms with E-state index in [1.165, 1.54) is 18.0 Å². The monoisotopic (exact) mass is 678 g/mol. The van der Waals surface area contributed by atoms with Gasteiger partial charge >= 0.3 is 12.0 Å². The van der Waals surface area contributed by atoms with Crippen LogP contribution >= 0.6 is 0 Å². The standard InChI is InChI=1S/C37H44F2N4O6/c1-37(2,3)49-34(46)22-26-13-9-14-27(21-26)41-36(47)40-23-32(44)43(20-19-25-11-5-6-12-25)30-17-7-8-18-31(30)48-24-33(45)42(4)35-28(38)15-10-16-29(35)39/h7-10,13-18,21,25H,5-6,11-12,19-20,22-24H2,1-4H3,(H2,40,41,47). The van der Waals surface area contributed by atoms with E-state index in [-0.39, 0.29) is 18.7 Å². The topological polar surface area (TPSA) is 117 Å². The van der Waals surface area contributed by atoms with Crippen LogP contribution in [-0.2, 0) is 25.5 Å². The molecule has 2 N–H and O–H groups in total. The van der Waals surface area contributed by atoms with Gasteiger partial charge in [-0.1, -0.05) is 56.0 Å². The van der Waals surface area contributed by atoms with E-state index in [4.69, 9.17) is 9.47 Å². The SMILES string of the molecule is CN(C(=O)COc1ccccc1N(CCC1CCCC1)C(=O)CNC(=O)Nc1cccc(CC(=O)OC(C)(C)C)c1)c1c(F)cccc1F. The third-order valence-corrected chi connectivity index (χ3v) is 8.04. The summed E-state index contributed by atoms with van der Waals surface area (Å²) in [4.78, 5) is 54.0. The van der Waals surface area contributed by atoms with E-state index in [0.717, 1.165) is 49.1 Å². The second kappa shape index (κ2) is 16.9. The zero-order chi connectivity index (χ0) is 35.6. The second-order valence-electron chi connectivity index (χ2n) is 13.0. The summed E-state index contributed by atoms with van der Waals surface area (Å²) >= 11 is 0. The lowest BCUT2D eigenvalue weighted by atomic mass is 10.0. The number of benzene rings is 3. The van der Waals surface area contributed by atoms with Crippen molar-refractivity contribution >= 4 is 40.9 Å². The van der Waals surface area contributed by atoms with Crippen molar-refractivity contribution in [1.29, 1.82) is 0 Å². The van der Waals surface area contributed by atoms with E-state index in [0.29, 0.717) is 29.4 Å². The molecule has 0 unspecified atom stereocenters. The van der Waals surface area contributed by atoms with Crippen molar-refractivity contribution < 1.29 is 37.4 Å². The van der Waals surface area contributed by atoms with Crippen LogP contribution in [0.3, 0.4) is 0 Å². The zero-order valence-electron chi connectivity index (χ0n) is 28.4. The van der Waals surface area contributed by atoms with Crippen LogP contribution in [0.5, 0.6) is 5.75 Å². The fraction of sp³-hybridized carbons (Fsp3) is 0.405. The molecular formula is C37H44F2N4O6. The summed E-state index contributed by atoms with van der Waals surface area (Å²) in [6, 6.07) is 16.2. The van der Waals surface area contributed by atoms with Gasteiger partial charge in [0.05, 0.1) is 18.7 Å². The minimum Gasteiger partial charge on any atom is -0.482 e. The lowest BCUT2D eigenvalue weighted by molar-refractivity contribution is -0.153. The summed E-state index contributed by atoms with van der Waals surface area (Å²) in [7, 11) is 1.25. The number of urea groups is 1. The molecule has 0 saturated heterocycles. The van der Waals surface area contributed by atoms with Crippen molar-refractivity contribution in [2.45, 2.75) is 64.9 Å². The number of likely N-dealkylation sites (N-methyl/N-ethyl adjacent to an activating group) is 1. The maximum Gasteiger partial charge on any atom is 0.319 e. The van der Waals surface area contributed by atoms with E-state index in [9.17, 15) is 28.0 Å². The molecule has 10 nitrogen and oxygen atoms in total. The summed E-state index contributed by atoms with van der Waals surface area (Å²) < 4.78 is 39.8. The highest BCUT2D eigenvalue weighted by Gasteiger charge is 2.25. The van der Waals surface area contributed by atoms with Crippen molar-refractivity contribution in [2.24, 2.45) is 5.92 Å². The van der Waals surface area contributed by atoms with Crippen LogP contribution in [0.25, 0.3) is 0 Å². The van der Waals surface area contributed by atoms with Gasteiger partial charge < -0.3 is 29.9 Å². The molecule has 49 heavy (non-hydrogen) atoms. The molecule has 262 valence electrons. The first-order valence-electron chi connectivity index (χ1n) is 16.4. The van der Waals surface area contributed by atoms with Crippen LogP contribution in [-0.4, -0.2) is 56.2 Å². The molecule has 0 aliphatic heterocycles. The van der Waals surface area contributed by atoms with Crippen molar-refractivity contribution in [1.82, 2.24) is 5.32 Å². The largest absolute Gasteiger partial charge is 0.482 e. The van der Waals surface area contributed by atoms with Crippen LogP contribution in [0.2, 0.25) is 0 Å². The van der Waals surface area contributed by atoms with Crippen molar-refractivity contribution in [3.05, 3.63) is 83.9 Å². The maximum atomic E-state index is 14.3. The van der Waals surface area contributed by atoms with E-state index < -0.39 is 53.3 Å². The molecule has 1 saturated carbocycles. The lowest BCUT2D eigenvalue weighted by Crippen LogP contribution is -2.42. The highest BCUT2D eigenvalue weighted by molar-refractivity contribution is 5.99. The molecule has 0 radical (unpaired) electrons. The number of carbonyl (C=O) groups excluding carboxylic acids is 4. The summed E-state index contributed by atoms with van der Waals surface area (Å²) in [6.45, 7) is 4.84. The van der Waals surface area contributed by atoms with E-state index in [2.05, 4.69) is 10.6 Å². The third-order valence-electron chi connectivity index (χ3n) is 8.04. The number of hydrogen-bond donors (Lipinski definition) is 2. The summed E-state index contributed by atoms with van der Waals surface area (Å²) in [5.74, 6) is -2.58. The average molecular weight is 679 g/mol. The minimum atomic E-state index is -0.884. The van der Waals surface area contributed by atoms with Gasteiger partial charge in [-0.3, -0.25) is 14.4 Å². The molecular weight excluding hydrogens is 634 g/mol. The Hall–Kier alpha value is -5.00. The molecule has 0 atom stereocenters. The number of carbonyl (C=O) groups is 4. The highest BCUT2D eigenvalue weighted by Crippen LogP contribution is 2.32. The quantitative estimate of drug-likeness (QED) is 0.196. The molecule has 1 aliphatic rings. The Balaban J connectivity index is 1.42. The van der Waals surface area contributed by atoms with Crippen LogP contribution in [0.4, 0.5) is 30.6 Å². The summed E-state index contributed by atoms with van der Waals surface area (Å²) in [6.07, 6.45) is 5.19. The van der Waals surface area contributed by atoms with E-state index in [1.54, 1.807) is 69.3 Å². The zero-order valence-corrected chi connectivity index (χ0v) is 28.4. The average Bonchev–Trinajstić information content (AvgIpc) is 3.56. The van der Waals surface area contributed by atoms with E-state index >= 15 is 0 Å². The Morgan fingerprint density at radius 3 is 2.27 bits per heavy atom. The first-order chi connectivity index (χ1) is 23.3. The Morgan fingerprint density at radius 1 is 0.898 bits per heavy atom. The maximum absolute atomic E-state index is 14.3. The van der Waals surface area contributed by atoms with Crippen molar-refractivity contribution in [3.8, 4) is 5.75 Å². The molecule has 4 rings (SSSR count). The number of nitrogens with zero attached hydrogens (tertiary/aromatic N) is 2. The number of para-hydroxylation sites is 3. The summed E-state index contributed by atoms with van der Waals surface area (Å²) in [5, 5.41) is 5.31. The Labute approximate surface area is 285 Å². The Morgan fingerprint density at radius 2 is 1.57 bits per heavy atom. The fourth-order valence-electron chi connectivity index (χ4n) is 5.69. The van der Waals surface area contributed by atoms with Crippen LogP contribution < -0.4 is 25.2 Å². The van der Waals surface area contributed by atoms with Gasteiger partial charge in [0.1, 0.15) is 28.7 Å². The lowest BCUT2D eigenvalue weighted by Gasteiger charge is -2.27. The molecule has 12 heteroatoms. The highest BCUT2D eigenvalue weighted by atomic mass is 19.1. The molecule has 0 aromatic heterocycles. The van der Waals surface area contributed by atoms with Gasteiger partial charge in [0.25, 0.3) is 5.91 Å². The van der Waals surface area contributed by atoms with Gasteiger partial charge in [-0.15, -0.1) is 0 Å². The molecule has 0 spiro atoms.